The van der Waals surface area contributed by atoms with Crippen LogP contribution in [0.5, 0.6) is 5.75 Å². The summed E-state index contributed by atoms with van der Waals surface area (Å²) in [6.07, 6.45) is -10.7. The summed E-state index contributed by atoms with van der Waals surface area (Å²) in [7, 11) is 6.29. The predicted octanol–water partition coefficient (Wildman–Crippen LogP) is -2.14. The molecule has 0 spiro atoms. The monoisotopic (exact) mass is 761 g/mol. The van der Waals surface area contributed by atoms with Crippen molar-refractivity contribution in [2.75, 3.05) is 45.0 Å². The number of hydrogen-bond acceptors (Lipinski definition) is 16. The quantitative estimate of drug-likeness (QED) is 0.0949. The highest BCUT2D eigenvalue weighted by molar-refractivity contribution is 6.25. The molecule has 5 rings (SSSR count). The maximum atomic E-state index is 14.4. The van der Waals surface area contributed by atoms with Gasteiger partial charge >= 0.3 is 5.97 Å². The normalized spacial score (nSPS) is 31.1. The van der Waals surface area contributed by atoms with Gasteiger partial charge < -0.3 is 66.5 Å². The number of likely N-dealkylation sites (N-methyl/N-ethyl adjacent to an activating group) is 1. The minimum absolute atomic E-state index is 0.0142. The summed E-state index contributed by atoms with van der Waals surface area (Å²) in [4.78, 5) is 69.3. The molecule has 54 heavy (non-hydrogen) atoms. The predicted molar refractivity (Wildman–Crippen MR) is 187 cm³/mol. The topological polar surface area (TPSA) is 302 Å². The van der Waals surface area contributed by atoms with Gasteiger partial charge in [0.25, 0.3) is 5.91 Å². The standard InChI is InChI=1S/C35H47N5O14/c1-34(2,3)37-11-17(41)38-15-10-16(39(4)5)13-8-12-9-14-21(40(6)7)27(53-33-26(46)24(44)25(45)28(54-33)32(50)51)20(31(36)49)30(48)35(14,52)29(47)18(12)23(43)19(13)22(15)42/h10,12,14,21,24-26,28,33,37,42,44-47,52H,8-9,11H2,1-7H3,(H2,36,49)(H,38,41)(H,50,51)/t12-,14-,21-,24-,25-,26+,28-,33+,35-/m0/s1. The molecule has 1 aromatic carbocycles. The Labute approximate surface area is 309 Å². The number of benzene rings is 1. The second-order valence-corrected chi connectivity index (χ2v) is 15.5. The molecular formula is C35H47N5O14. The van der Waals surface area contributed by atoms with Gasteiger partial charge in [-0.1, -0.05) is 0 Å². The number of primary amides is 1. The van der Waals surface area contributed by atoms with Gasteiger partial charge in [-0.2, -0.15) is 0 Å². The van der Waals surface area contributed by atoms with Crippen LogP contribution in [0.15, 0.2) is 28.7 Å². The molecule has 0 aromatic heterocycles. The largest absolute Gasteiger partial charge is 0.508 e. The van der Waals surface area contributed by atoms with Crippen molar-refractivity contribution in [2.45, 2.75) is 81.5 Å². The maximum absolute atomic E-state index is 14.4. The van der Waals surface area contributed by atoms with Crippen LogP contribution in [0.4, 0.5) is 11.4 Å². The highest BCUT2D eigenvalue weighted by Gasteiger charge is 2.64. The number of fused-ring (bicyclic) bond motifs is 3. The molecule has 0 radical (unpaired) electrons. The molecule has 0 bridgehead atoms. The van der Waals surface area contributed by atoms with Crippen LogP contribution in [0, 0.1) is 11.8 Å². The number of ether oxygens (including phenoxy) is 2. The van der Waals surface area contributed by atoms with Crippen molar-refractivity contribution in [3.63, 3.8) is 0 Å². The second-order valence-electron chi connectivity index (χ2n) is 15.5. The number of rotatable bonds is 9. The first-order valence-electron chi connectivity index (χ1n) is 17.1. The Morgan fingerprint density at radius 3 is 2.22 bits per heavy atom. The molecule has 4 aliphatic rings. The van der Waals surface area contributed by atoms with Crippen LogP contribution >= 0.6 is 0 Å². The number of ketones is 2. The lowest BCUT2D eigenvalue weighted by atomic mass is 9.58. The average molecular weight is 762 g/mol. The van der Waals surface area contributed by atoms with Crippen molar-refractivity contribution < 1.29 is 69.2 Å². The number of carboxylic acids is 1. The number of phenols is 1. The molecule has 1 saturated heterocycles. The van der Waals surface area contributed by atoms with E-state index in [1.54, 1.807) is 19.0 Å². The van der Waals surface area contributed by atoms with Crippen LogP contribution in [0.1, 0.15) is 43.1 Å². The van der Waals surface area contributed by atoms with Gasteiger partial charge in [0.05, 0.1) is 23.8 Å². The summed E-state index contributed by atoms with van der Waals surface area (Å²) in [5.74, 6) is -10.7. The van der Waals surface area contributed by atoms with Crippen molar-refractivity contribution in [1.29, 1.82) is 0 Å². The minimum Gasteiger partial charge on any atom is -0.508 e. The van der Waals surface area contributed by atoms with Gasteiger partial charge in [0.1, 0.15) is 35.4 Å². The number of nitrogens with one attached hydrogen (secondary N) is 2. The third-order valence-electron chi connectivity index (χ3n) is 10.3. The summed E-state index contributed by atoms with van der Waals surface area (Å²) in [5.41, 5.74) is 1.24. The lowest BCUT2D eigenvalue weighted by molar-refractivity contribution is -0.287. The number of carbonyl (C=O) groups is 5. The Morgan fingerprint density at radius 2 is 1.69 bits per heavy atom. The number of amides is 2. The van der Waals surface area contributed by atoms with E-state index in [1.165, 1.54) is 25.1 Å². The lowest BCUT2D eigenvalue weighted by Gasteiger charge is -2.51. The molecule has 19 nitrogen and oxygen atoms in total. The van der Waals surface area contributed by atoms with Gasteiger partial charge in [-0.25, -0.2) is 4.79 Å². The Bertz CT molecular complexity index is 1850. The van der Waals surface area contributed by atoms with E-state index >= 15 is 0 Å². The molecule has 1 heterocycles. The Balaban J connectivity index is 1.63. The number of allylic oxidation sites excluding steroid dienone is 1. The average Bonchev–Trinajstić information content (AvgIpc) is 3.05. The zero-order valence-electron chi connectivity index (χ0n) is 30.8. The number of aliphatic hydroxyl groups is 5. The fraction of sp³-hybridized carbons (Fsp3) is 0.571. The SMILES string of the molecule is CN(C)c1cc(NC(=O)CNC(C)(C)C)c(O)c2c1C[C@H]1C[C@H]3[C@H](N(C)C)C(O[C@@H]4O[C@H](C(=O)O)[C@@H](O)[C@H](O)[C@H]4O)=C(C(N)=O)C(=O)[C@@]3(O)C(O)=C1C2=O. The molecule has 19 heteroatoms. The van der Waals surface area contributed by atoms with Crippen LogP contribution in [0.3, 0.4) is 0 Å². The molecule has 1 aliphatic heterocycles. The molecule has 9 atom stereocenters. The second kappa shape index (κ2) is 14.2. The van der Waals surface area contributed by atoms with E-state index in [9.17, 15) is 59.7 Å². The van der Waals surface area contributed by atoms with Crippen LogP contribution in [-0.4, -0.2) is 153 Å². The van der Waals surface area contributed by atoms with E-state index in [0.29, 0.717) is 11.3 Å². The first-order valence-corrected chi connectivity index (χ1v) is 17.1. The number of nitrogens with zero attached hydrogens (tertiary/aromatic N) is 2. The smallest absolute Gasteiger partial charge is 0.335 e. The van der Waals surface area contributed by atoms with Crippen LogP contribution in [0.25, 0.3) is 0 Å². The molecule has 2 amide bonds. The summed E-state index contributed by atoms with van der Waals surface area (Å²) < 4.78 is 11.1. The van der Waals surface area contributed by atoms with Crippen molar-refractivity contribution in [3.05, 3.63) is 39.9 Å². The molecule has 1 aromatic rings. The highest BCUT2D eigenvalue weighted by Crippen LogP contribution is 2.54. The van der Waals surface area contributed by atoms with E-state index in [-0.39, 0.29) is 30.6 Å². The zero-order chi connectivity index (χ0) is 40.5. The fourth-order valence-corrected chi connectivity index (χ4v) is 7.71. The molecular weight excluding hydrogens is 714 g/mol. The third kappa shape index (κ3) is 6.69. The number of carbonyl (C=O) groups excluding carboxylic acids is 4. The number of aliphatic hydroxyl groups excluding tert-OH is 4. The van der Waals surface area contributed by atoms with Crippen LogP contribution < -0.4 is 21.3 Å². The van der Waals surface area contributed by atoms with Gasteiger partial charge in [0, 0.05) is 36.8 Å². The lowest BCUT2D eigenvalue weighted by Crippen LogP contribution is -2.65. The minimum atomic E-state index is -2.97. The summed E-state index contributed by atoms with van der Waals surface area (Å²) in [6.45, 7) is 5.44. The van der Waals surface area contributed by atoms with Crippen molar-refractivity contribution in [1.82, 2.24) is 10.2 Å². The van der Waals surface area contributed by atoms with Crippen molar-refractivity contribution >= 4 is 40.7 Å². The number of nitrogens with two attached hydrogens (primary N) is 1. The summed E-state index contributed by atoms with van der Waals surface area (Å²) in [5, 5.41) is 82.0. The molecule has 0 unspecified atom stereocenters. The molecule has 0 saturated carbocycles. The Hall–Kier alpha value is -4.63. The van der Waals surface area contributed by atoms with Gasteiger partial charge in [-0.05, 0) is 65.3 Å². The number of hydrogen-bond donors (Lipinski definition) is 10. The summed E-state index contributed by atoms with van der Waals surface area (Å²) in [6, 6.07) is 0.148. The van der Waals surface area contributed by atoms with Gasteiger partial charge in [0.15, 0.2) is 23.2 Å². The van der Waals surface area contributed by atoms with Crippen LogP contribution in [-0.2, 0) is 35.1 Å². The van der Waals surface area contributed by atoms with Crippen molar-refractivity contribution in [2.24, 2.45) is 17.6 Å². The van der Waals surface area contributed by atoms with Gasteiger partial charge in [-0.15, -0.1) is 0 Å². The van der Waals surface area contributed by atoms with Gasteiger partial charge in [-0.3, -0.25) is 24.1 Å². The molecule has 1 fully saturated rings. The van der Waals surface area contributed by atoms with Crippen molar-refractivity contribution in [3.8, 4) is 5.75 Å². The van der Waals surface area contributed by atoms with Crippen LogP contribution in [0.2, 0.25) is 0 Å². The number of phenolic OH excluding ortho intramolecular Hbond substituents is 1. The first-order chi connectivity index (χ1) is 24.9. The maximum Gasteiger partial charge on any atom is 0.335 e. The molecule has 296 valence electrons. The van der Waals surface area contributed by atoms with E-state index in [2.05, 4.69) is 10.6 Å². The number of anilines is 2. The first kappa shape index (κ1) is 40.6. The summed E-state index contributed by atoms with van der Waals surface area (Å²) >= 11 is 0. The van der Waals surface area contributed by atoms with Gasteiger partial charge in [0.2, 0.25) is 18.0 Å². The van der Waals surface area contributed by atoms with E-state index < -0.39 is 117 Å². The Kier molecular flexibility index (Phi) is 10.7. The van der Waals surface area contributed by atoms with E-state index in [4.69, 9.17) is 15.2 Å². The van der Waals surface area contributed by atoms with E-state index in [1.807, 2.05) is 20.8 Å². The number of aliphatic carboxylic acids is 1. The number of Topliss-reactive ketones (excluding diaryl/α,β-unsaturated/α-hetero) is 2. The fourth-order valence-electron chi connectivity index (χ4n) is 7.71. The van der Waals surface area contributed by atoms with E-state index in [0.717, 1.165) is 0 Å². The number of carboxylic acid groups (broad SMARTS) is 1. The zero-order valence-corrected chi connectivity index (χ0v) is 30.8. The third-order valence-corrected chi connectivity index (χ3v) is 10.3. The number of aromatic hydroxyl groups is 1. The Morgan fingerprint density at radius 1 is 1.06 bits per heavy atom. The highest BCUT2D eigenvalue weighted by atomic mass is 16.7. The molecule has 3 aliphatic carbocycles. The molecule has 11 N–H and O–H groups in total.